The molecule has 10 heteroatoms. The average Bonchev–Trinajstić information content (AvgIpc) is 3.09. The van der Waals surface area contributed by atoms with Gasteiger partial charge in [0.05, 0.1) is 12.2 Å². The molecule has 4 heterocycles. The zero-order valence-corrected chi connectivity index (χ0v) is 17.3. The van der Waals surface area contributed by atoms with Gasteiger partial charge >= 0.3 is 0 Å². The van der Waals surface area contributed by atoms with Crippen LogP contribution in [0.1, 0.15) is 24.6 Å². The minimum Gasteiger partial charge on any atom is -0.356 e. The maximum atomic E-state index is 11.7. The smallest absolute Gasteiger partial charge is 0.264 e. The standard InChI is InChI=1S/C21H18ClN7O2/c1-28-20(13-8-19(30)24-23-10-13)25-26-21(28)29-16-6-12(16)7-17(29)15-9-18(31-27-15)11-3-2-4-14(22)5-11/h2-5,8-10,12,16-17H,6-7H2,1H3,(H,24,30)/t12-,16-,17-/m1/s1. The first-order valence-corrected chi connectivity index (χ1v) is 10.4. The van der Waals surface area contributed by atoms with Crippen LogP contribution in [0.15, 0.2) is 51.9 Å². The van der Waals surface area contributed by atoms with Crippen molar-refractivity contribution in [3.05, 3.63) is 63.7 Å². The molecule has 3 atom stereocenters. The Bertz CT molecular complexity index is 1340. The lowest BCUT2D eigenvalue weighted by Gasteiger charge is -2.26. The Hall–Kier alpha value is -3.46. The molecule has 1 aliphatic heterocycles. The Labute approximate surface area is 181 Å². The normalized spacial score (nSPS) is 22.0. The number of anilines is 1. The Balaban J connectivity index is 1.35. The van der Waals surface area contributed by atoms with Gasteiger partial charge in [0.1, 0.15) is 5.69 Å². The van der Waals surface area contributed by atoms with E-state index in [1.165, 1.54) is 6.07 Å². The number of hydrogen-bond donors (Lipinski definition) is 1. The van der Waals surface area contributed by atoms with Crippen molar-refractivity contribution < 1.29 is 4.52 Å². The van der Waals surface area contributed by atoms with Gasteiger partial charge in [-0.2, -0.15) is 5.10 Å². The topological polar surface area (TPSA) is 106 Å². The molecule has 31 heavy (non-hydrogen) atoms. The van der Waals surface area contributed by atoms with Gasteiger partial charge in [-0.1, -0.05) is 28.9 Å². The van der Waals surface area contributed by atoms with Gasteiger partial charge in [-0.05, 0) is 30.9 Å². The van der Waals surface area contributed by atoms with E-state index in [0.29, 0.717) is 34.1 Å². The van der Waals surface area contributed by atoms with Crippen LogP contribution in [0, 0.1) is 5.92 Å². The van der Waals surface area contributed by atoms with Gasteiger partial charge < -0.3 is 9.42 Å². The molecule has 0 radical (unpaired) electrons. The lowest BCUT2D eigenvalue weighted by molar-refractivity contribution is 0.412. The van der Waals surface area contributed by atoms with Crippen LogP contribution in [0.25, 0.3) is 22.7 Å². The molecule has 3 aromatic heterocycles. The van der Waals surface area contributed by atoms with E-state index >= 15 is 0 Å². The van der Waals surface area contributed by atoms with Crippen molar-refractivity contribution >= 4 is 17.5 Å². The summed E-state index contributed by atoms with van der Waals surface area (Å²) in [4.78, 5) is 13.9. The van der Waals surface area contributed by atoms with Gasteiger partial charge in [-0.15, -0.1) is 10.2 Å². The van der Waals surface area contributed by atoms with Crippen molar-refractivity contribution in [1.82, 2.24) is 30.1 Å². The highest BCUT2D eigenvalue weighted by Gasteiger charge is 2.54. The molecule has 156 valence electrons. The van der Waals surface area contributed by atoms with Crippen LogP contribution in [-0.4, -0.2) is 36.2 Å². The maximum absolute atomic E-state index is 11.7. The molecule has 0 spiro atoms. The van der Waals surface area contributed by atoms with E-state index < -0.39 is 0 Å². The first kappa shape index (κ1) is 18.3. The van der Waals surface area contributed by atoms with Gasteiger partial charge in [-0.3, -0.25) is 9.36 Å². The third-order valence-electron chi connectivity index (χ3n) is 6.09. The first-order valence-electron chi connectivity index (χ1n) is 10.0. The minimum atomic E-state index is -0.278. The molecular weight excluding hydrogens is 418 g/mol. The third-order valence-corrected chi connectivity index (χ3v) is 6.32. The summed E-state index contributed by atoms with van der Waals surface area (Å²) < 4.78 is 7.55. The predicted molar refractivity (Wildman–Crippen MR) is 114 cm³/mol. The number of benzene rings is 1. The lowest BCUT2D eigenvalue weighted by atomic mass is 10.1. The van der Waals surface area contributed by atoms with Gasteiger partial charge in [0.15, 0.2) is 11.6 Å². The van der Waals surface area contributed by atoms with Gasteiger partial charge in [0, 0.05) is 41.4 Å². The second kappa shape index (κ2) is 6.78. The number of hydrogen-bond acceptors (Lipinski definition) is 7. The number of nitrogens with zero attached hydrogens (tertiary/aromatic N) is 6. The Morgan fingerprint density at radius 2 is 2.06 bits per heavy atom. The summed E-state index contributed by atoms with van der Waals surface area (Å²) in [6.07, 6.45) is 3.69. The zero-order valence-electron chi connectivity index (χ0n) is 16.6. The van der Waals surface area contributed by atoms with Crippen LogP contribution in [0.3, 0.4) is 0 Å². The highest BCUT2D eigenvalue weighted by Crippen LogP contribution is 2.54. The molecule has 1 saturated heterocycles. The molecule has 4 aromatic rings. The quantitative estimate of drug-likeness (QED) is 0.524. The summed E-state index contributed by atoms with van der Waals surface area (Å²) in [5, 5.41) is 20.1. The molecule has 9 nitrogen and oxygen atoms in total. The van der Waals surface area contributed by atoms with E-state index in [2.05, 4.69) is 30.5 Å². The van der Waals surface area contributed by atoms with Crippen LogP contribution < -0.4 is 10.5 Å². The summed E-state index contributed by atoms with van der Waals surface area (Å²) >= 11 is 6.12. The van der Waals surface area contributed by atoms with Crippen molar-refractivity contribution in [3.8, 4) is 22.7 Å². The first-order chi connectivity index (χ1) is 15.1. The van der Waals surface area contributed by atoms with Gasteiger partial charge in [0.25, 0.3) is 5.56 Å². The zero-order chi connectivity index (χ0) is 21.1. The molecule has 0 amide bonds. The number of rotatable bonds is 4. The lowest BCUT2D eigenvalue weighted by Crippen LogP contribution is -2.29. The minimum absolute atomic E-state index is 0.0495. The fourth-order valence-electron chi connectivity index (χ4n) is 4.53. The van der Waals surface area contributed by atoms with E-state index in [0.717, 1.165) is 30.0 Å². The molecule has 1 saturated carbocycles. The second-order valence-corrected chi connectivity index (χ2v) is 8.50. The summed E-state index contributed by atoms with van der Waals surface area (Å²) in [6, 6.07) is 11.4. The third kappa shape index (κ3) is 3.04. The van der Waals surface area contributed by atoms with E-state index in [-0.39, 0.29) is 11.6 Å². The number of aromatic amines is 1. The summed E-state index contributed by atoms with van der Waals surface area (Å²) in [7, 11) is 1.90. The van der Waals surface area contributed by atoms with E-state index in [9.17, 15) is 4.79 Å². The monoisotopic (exact) mass is 435 g/mol. The fourth-order valence-corrected chi connectivity index (χ4v) is 4.72. The molecule has 0 unspecified atom stereocenters. The number of fused-ring (bicyclic) bond motifs is 1. The number of H-pyrrole nitrogens is 1. The molecule has 2 fully saturated rings. The number of nitrogens with one attached hydrogen (secondary N) is 1. The second-order valence-electron chi connectivity index (χ2n) is 8.06. The summed E-state index contributed by atoms with van der Waals surface area (Å²) in [6.45, 7) is 0. The van der Waals surface area contributed by atoms with E-state index in [1.807, 2.05) is 41.9 Å². The van der Waals surface area contributed by atoms with Crippen molar-refractivity contribution in [3.63, 3.8) is 0 Å². The van der Waals surface area contributed by atoms with Crippen molar-refractivity contribution in [2.75, 3.05) is 4.90 Å². The molecule has 2 aliphatic rings. The van der Waals surface area contributed by atoms with Gasteiger partial charge in [0.2, 0.25) is 5.95 Å². The molecule has 1 aliphatic carbocycles. The van der Waals surface area contributed by atoms with Crippen LogP contribution in [0.4, 0.5) is 5.95 Å². The largest absolute Gasteiger partial charge is 0.356 e. The van der Waals surface area contributed by atoms with E-state index in [1.54, 1.807) is 6.20 Å². The summed E-state index contributed by atoms with van der Waals surface area (Å²) in [5.74, 6) is 2.64. The molecule has 1 N–H and O–H groups in total. The van der Waals surface area contributed by atoms with Crippen LogP contribution >= 0.6 is 11.6 Å². The van der Waals surface area contributed by atoms with Crippen LogP contribution in [0.2, 0.25) is 5.02 Å². The Kier molecular flexibility index (Phi) is 4.01. The fraction of sp³-hybridized carbons (Fsp3) is 0.286. The summed E-state index contributed by atoms with van der Waals surface area (Å²) in [5.41, 5.74) is 2.10. The SMILES string of the molecule is Cn1c(-c2cn[nH]c(=O)c2)nnc1N1[C@@H](c2cc(-c3cccc(Cl)c3)on2)C[C@H]2C[C@H]21. The molecule has 6 rings (SSSR count). The van der Waals surface area contributed by atoms with Crippen molar-refractivity contribution in [1.29, 1.82) is 0 Å². The van der Waals surface area contributed by atoms with Crippen LogP contribution in [0.5, 0.6) is 0 Å². The Morgan fingerprint density at radius 1 is 1.16 bits per heavy atom. The number of piperidine rings is 1. The highest BCUT2D eigenvalue weighted by molar-refractivity contribution is 6.30. The van der Waals surface area contributed by atoms with E-state index in [4.69, 9.17) is 16.1 Å². The van der Waals surface area contributed by atoms with Crippen molar-refractivity contribution in [2.45, 2.75) is 24.9 Å². The Morgan fingerprint density at radius 3 is 2.90 bits per heavy atom. The predicted octanol–water partition coefficient (Wildman–Crippen LogP) is 3.21. The van der Waals surface area contributed by atoms with Crippen LogP contribution in [-0.2, 0) is 7.05 Å². The number of halogens is 1. The maximum Gasteiger partial charge on any atom is 0.264 e. The molecule has 1 aromatic carbocycles. The molecular formula is C21H18ClN7O2. The van der Waals surface area contributed by atoms with Gasteiger partial charge in [-0.25, -0.2) is 5.10 Å². The average molecular weight is 436 g/mol. The highest BCUT2D eigenvalue weighted by atomic mass is 35.5. The van der Waals surface area contributed by atoms with Crippen molar-refractivity contribution in [2.24, 2.45) is 13.0 Å². The molecule has 0 bridgehead atoms. The number of aromatic nitrogens is 6.